The van der Waals surface area contributed by atoms with Crippen molar-refractivity contribution in [2.45, 2.75) is 406 Å². The van der Waals surface area contributed by atoms with Crippen LogP contribution < -0.4 is 0 Å². The first-order chi connectivity index (χ1) is 47.7. The van der Waals surface area contributed by atoms with Gasteiger partial charge in [-0.1, -0.05) is 315 Å². The molecule has 3 N–H and O–H groups in total. The van der Waals surface area contributed by atoms with Gasteiger partial charge in [-0.05, 0) is 83.5 Å². The zero-order valence-electron chi connectivity index (χ0n) is 63.0. The van der Waals surface area contributed by atoms with Gasteiger partial charge in [0.15, 0.2) is 12.2 Å². The van der Waals surface area contributed by atoms with Crippen LogP contribution in [0.4, 0.5) is 0 Å². The fourth-order valence-electron chi connectivity index (χ4n) is 11.4. The standard InChI is InChI=1S/C79H148O17P2/c1-5-9-13-17-21-25-29-33-36-40-43-47-51-55-59-63-76(81)89-69-74(95-78(83)65-61-57-53-49-45-39-32-28-24-20-16-12-8-4)71-93-97(85,86)91-67-73(80)68-92-98(87,88)94-72-75(96-79(84)66-62-58-54-50-46-42-38-35-31-27-23-19-15-11-7-3)70-90-77(82)64-60-56-52-48-44-41-37-34-30-26-22-18-14-10-6-2/h23,27,33,35-36,38,73-75,80H,5-22,24-26,28-32,34,37,39-72H2,1-4H3,(H,85,86)(H,87,88)/b27-23-,36-33-,38-35-/t73-,74+,75+/m0/s1. The number of ether oxygens (including phenoxy) is 4. The topological polar surface area (TPSA) is 237 Å². The van der Waals surface area contributed by atoms with Gasteiger partial charge in [-0.2, -0.15) is 0 Å². The lowest BCUT2D eigenvalue weighted by molar-refractivity contribution is -0.161. The normalized spacial score (nSPS) is 14.1. The minimum Gasteiger partial charge on any atom is -0.462 e. The molecule has 0 aliphatic rings. The second-order valence-corrected chi connectivity index (χ2v) is 30.3. The van der Waals surface area contributed by atoms with Crippen molar-refractivity contribution < 1.29 is 80.2 Å². The summed E-state index contributed by atoms with van der Waals surface area (Å²) in [7, 11) is -9.93. The summed E-state index contributed by atoms with van der Waals surface area (Å²) in [6, 6.07) is 0. The van der Waals surface area contributed by atoms with Gasteiger partial charge in [-0.15, -0.1) is 0 Å². The fraction of sp³-hybridized carbons (Fsp3) is 0.873. The molecular formula is C79H148O17P2. The molecule has 0 bridgehead atoms. The summed E-state index contributed by atoms with van der Waals surface area (Å²) >= 11 is 0. The largest absolute Gasteiger partial charge is 0.472 e. The van der Waals surface area contributed by atoms with E-state index in [2.05, 4.69) is 64.2 Å². The Kier molecular flexibility index (Phi) is 70.6. The van der Waals surface area contributed by atoms with Crippen LogP contribution >= 0.6 is 15.6 Å². The zero-order valence-corrected chi connectivity index (χ0v) is 64.8. The van der Waals surface area contributed by atoms with Crippen LogP contribution in [-0.4, -0.2) is 96.7 Å². The third-order valence-electron chi connectivity index (χ3n) is 17.6. The molecule has 0 aromatic heterocycles. The van der Waals surface area contributed by atoms with Crippen LogP contribution in [-0.2, 0) is 65.4 Å². The Labute approximate surface area is 598 Å². The van der Waals surface area contributed by atoms with E-state index in [1.165, 1.54) is 180 Å². The summed E-state index contributed by atoms with van der Waals surface area (Å²) in [6.07, 6.45) is 68.3. The monoisotopic (exact) mass is 1430 g/mol. The third kappa shape index (κ3) is 71.7. The SMILES string of the molecule is CCCCC/C=C\C/C=C\CCCCCCCC(=O)O[C@H](COC(=O)CCCCCCCCCCCCCCCCC)COP(=O)(O)OC[C@@H](O)COP(=O)(O)OC[C@@H](COC(=O)CCCCCCC/C=C\CCCCCCCC)OC(=O)CCCCCCCCCCCCCCC. The quantitative estimate of drug-likeness (QED) is 0.0169. The van der Waals surface area contributed by atoms with Crippen LogP contribution in [0, 0.1) is 0 Å². The van der Waals surface area contributed by atoms with Crippen LogP contribution in [0.1, 0.15) is 387 Å². The maximum atomic E-state index is 13.1. The summed E-state index contributed by atoms with van der Waals surface area (Å²) in [5.41, 5.74) is 0. The molecule has 0 spiro atoms. The first kappa shape index (κ1) is 95.3. The third-order valence-corrected chi connectivity index (χ3v) is 19.5. The van der Waals surface area contributed by atoms with E-state index < -0.39 is 97.5 Å². The molecule has 0 aromatic rings. The van der Waals surface area contributed by atoms with Crippen molar-refractivity contribution in [1.29, 1.82) is 0 Å². The highest BCUT2D eigenvalue weighted by Crippen LogP contribution is 2.45. The summed E-state index contributed by atoms with van der Waals surface area (Å²) in [5.74, 6) is -2.15. The first-order valence-electron chi connectivity index (χ1n) is 40.2. The number of phosphoric ester groups is 2. The van der Waals surface area contributed by atoms with Crippen molar-refractivity contribution in [1.82, 2.24) is 0 Å². The van der Waals surface area contributed by atoms with Gasteiger partial charge in [0.25, 0.3) is 0 Å². The number of aliphatic hydroxyl groups excluding tert-OH is 1. The predicted octanol–water partition coefficient (Wildman–Crippen LogP) is 23.1. The van der Waals surface area contributed by atoms with Crippen LogP contribution in [0.3, 0.4) is 0 Å². The summed E-state index contributed by atoms with van der Waals surface area (Å²) in [4.78, 5) is 72.9. The van der Waals surface area contributed by atoms with Gasteiger partial charge in [0.2, 0.25) is 0 Å². The molecule has 98 heavy (non-hydrogen) atoms. The number of rotatable bonds is 77. The smallest absolute Gasteiger partial charge is 0.462 e. The van der Waals surface area contributed by atoms with E-state index in [-0.39, 0.29) is 25.7 Å². The van der Waals surface area contributed by atoms with Crippen molar-refractivity contribution in [2.75, 3.05) is 39.6 Å². The van der Waals surface area contributed by atoms with Gasteiger partial charge in [-0.3, -0.25) is 37.3 Å². The molecule has 0 aliphatic heterocycles. The Bertz CT molecular complexity index is 2000. The minimum atomic E-state index is -4.97. The molecular weight excluding hydrogens is 1280 g/mol. The molecule has 5 atom stereocenters. The van der Waals surface area contributed by atoms with Crippen LogP contribution in [0.15, 0.2) is 36.5 Å². The molecule has 0 aliphatic carbocycles. The van der Waals surface area contributed by atoms with E-state index in [1.54, 1.807) is 0 Å². The maximum Gasteiger partial charge on any atom is 0.472 e. The van der Waals surface area contributed by atoms with Gasteiger partial charge >= 0.3 is 39.5 Å². The number of allylic oxidation sites excluding steroid dienone is 6. The van der Waals surface area contributed by atoms with Crippen LogP contribution in [0.2, 0.25) is 0 Å². The highest BCUT2D eigenvalue weighted by Gasteiger charge is 2.30. The number of hydrogen-bond acceptors (Lipinski definition) is 15. The molecule has 0 fully saturated rings. The van der Waals surface area contributed by atoms with Gasteiger partial charge in [-0.25, -0.2) is 9.13 Å². The molecule has 0 saturated carbocycles. The van der Waals surface area contributed by atoms with Gasteiger partial charge in [0.1, 0.15) is 19.3 Å². The number of esters is 4. The molecule has 19 heteroatoms. The van der Waals surface area contributed by atoms with Crippen molar-refractivity contribution in [3.63, 3.8) is 0 Å². The van der Waals surface area contributed by atoms with Crippen molar-refractivity contribution >= 4 is 39.5 Å². The Morgan fingerprint density at radius 3 is 0.786 bits per heavy atom. The van der Waals surface area contributed by atoms with Gasteiger partial charge < -0.3 is 33.8 Å². The van der Waals surface area contributed by atoms with Crippen molar-refractivity contribution in [3.8, 4) is 0 Å². The van der Waals surface area contributed by atoms with E-state index in [4.69, 9.17) is 37.0 Å². The van der Waals surface area contributed by atoms with Gasteiger partial charge in [0.05, 0.1) is 26.4 Å². The van der Waals surface area contributed by atoms with E-state index >= 15 is 0 Å². The number of carbonyl (C=O) groups is 4. The highest BCUT2D eigenvalue weighted by molar-refractivity contribution is 7.47. The second kappa shape index (κ2) is 72.6. The lowest BCUT2D eigenvalue weighted by Gasteiger charge is -2.21. The predicted molar refractivity (Wildman–Crippen MR) is 400 cm³/mol. The number of aliphatic hydroxyl groups is 1. The Morgan fingerprint density at radius 1 is 0.286 bits per heavy atom. The lowest BCUT2D eigenvalue weighted by atomic mass is 10.0. The number of hydrogen-bond donors (Lipinski definition) is 3. The Balaban J connectivity index is 5.31. The Hall–Kier alpha value is -2.72. The molecule has 0 rings (SSSR count). The van der Waals surface area contributed by atoms with Gasteiger partial charge in [0, 0.05) is 25.7 Å². The van der Waals surface area contributed by atoms with E-state index in [0.717, 1.165) is 128 Å². The summed E-state index contributed by atoms with van der Waals surface area (Å²) in [6.45, 7) is 4.92. The lowest BCUT2D eigenvalue weighted by Crippen LogP contribution is -2.30. The molecule has 0 saturated heterocycles. The number of carbonyl (C=O) groups excluding carboxylic acids is 4. The first-order valence-corrected chi connectivity index (χ1v) is 43.2. The summed E-state index contributed by atoms with van der Waals surface area (Å²) in [5, 5.41) is 10.6. The molecule has 0 aromatic carbocycles. The molecule has 17 nitrogen and oxygen atoms in total. The fourth-order valence-corrected chi connectivity index (χ4v) is 13.0. The maximum absolute atomic E-state index is 13.1. The average Bonchev–Trinajstić information content (AvgIpc) is 0.984. The average molecular weight is 1430 g/mol. The minimum absolute atomic E-state index is 0.0864. The van der Waals surface area contributed by atoms with Crippen LogP contribution in [0.25, 0.3) is 0 Å². The molecule has 2 unspecified atom stereocenters. The second-order valence-electron chi connectivity index (χ2n) is 27.4. The summed E-state index contributed by atoms with van der Waals surface area (Å²) < 4.78 is 68.6. The molecule has 0 heterocycles. The van der Waals surface area contributed by atoms with E-state index in [0.29, 0.717) is 25.7 Å². The zero-order chi connectivity index (χ0) is 71.8. The van der Waals surface area contributed by atoms with E-state index in [1.807, 2.05) is 0 Å². The van der Waals surface area contributed by atoms with Crippen LogP contribution in [0.5, 0.6) is 0 Å². The molecule has 0 amide bonds. The van der Waals surface area contributed by atoms with E-state index in [9.17, 15) is 43.2 Å². The highest BCUT2D eigenvalue weighted by atomic mass is 31.2. The Morgan fingerprint density at radius 2 is 0.500 bits per heavy atom. The van der Waals surface area contributed by atoms with Crippen molar-refractivity contribution in [2.24, 2.45) is 0 Å². The molecule has 0 radical (unpaired) electrons. The number of phosphoric acid groups is 2. The molecule has 576 valence electrons. The number of unbranched alkanes of at least 4 members (excludes halogenated alkanes) is 45. The van der Waals surface area contributed by atoms with Crippen molar-refractivity contribution in [3.05, 3.63) is 36.5 Å².